The molecule has 0 saturated carbocycles. The average molecular weight is 223 g/mol. The van der Waals surface area contributed by atoms with Crippen molar-refractivity contribution in [2.45, 2.75) is 13.8 Å². The summed E-state index contributed by atoms with van der Waals surface area (Å²) >= 11 is 0. The molecule has 0 radical (unpaired) electrons. The maximum absolute atomic E-state index is 11.9. The van der Waals surface area contributed by atoms with Gasteiger partial charge >= 0.3 is 0 Å². The monoisotopic (exact) mass is 223 g/mol. The molecule has 0 fully saturated rings. The van der Waals surface area contributed by atoms with Crippen molar-refractivity contribution in [2.24, 2.45) is 0 Å². The van der Waals surface area contributed by atoms with Gasteiger partial charge in [0, 0.05) is 13.6 Å². The number of aliphatic hydroxyl groups is 1. The predicted octanol–water partition coefficient (Wildman–Crippen LogP) is 1.07. The third-order valence-electron chi connectivity index (χ3n) is 2.46. The number of hydrogen-bond donors (Lipinski definition) is 2. The third kappa shape index (κ3) is 2.52. The number of carbonyl (C=O) groups excluding carboxylic acids is 1. The first kappa shape index (κ1) is 12.5. The average Bonchev–Trinajstić information content (AvgIpc) is 2.22. The first-order chi connectivity index (χ1) is 7.47. The van der Waals surface area contributed by atoms with Gasteiger partial charge in [-0.05, 0) is 31.0 Å². The Bertz CT molecular complexity index is 401. The molecule has 0 aromatic heterocycles. The SMILES string of the molecule is Cc1cc(C)c(O)c(C(=O)N(C)CCO)c1. The molecule has 0 atom stereocenters. The number of benzene rings is 1. The van der Waals surface area contributed by atoms with Crippen LogP contribution in [-0.4, -0.2) is 41.2 Å². The Morgan fingerprint density at radius 3 is 2.56 bits per heavy atom. The number of nitrogens with zero attached hydrogens (tertiary/aromatic N) is 1. The summed E-state index contributed by atoms with van der Waals surface area (Å²) in [4.78, 5) is 13.3. The first-order valence-electron chi connectivity index (χ1n) is 5.14. The lowest BCUT2D eigenvalue weighted by molar-refractivity contribution is 0.0763. The number of aliphatic hydroxyl groups excluding tert-OH is 1. The van der Waals surface area contributed by atoms with Crippen LogP contribution in [0, 0.1) is 13.8 Å². The van der Waals surface area contributed by atoms with Gasteiger partial charge in [-0.1, -0.05) is 6.07 Å². The fourth-order valence-electron chi connectivity index (χ4n) is 1.58. The van der Waals surface area contributed by atoms with Gasteiger partial charge in [-0.25, -0.2) is 0 Å². The van der Waals surface area contributed by atoms with Crippen LogP contribution in [0.1, 0.15) is 21.5 Å². The fraction of sp³-hybridized carbons (Fsp3) is 0.417. The second kappa shape index (κ2) is 4.99. The molecule has 1 amide bonds. The molecule has 1 aromatic rings. The number of aromatic hydroxyl groups is 1. The molecule has 0 spiro atoms. The van der Waals surface area contributed by atoms with Crippen LogP contribution >= 0.6 is 0 Å². The molecule has 88 valence electrons. The van der Waals surface area contributed by atoms with Crippen molar-refractivity contribution < 1.29 is 15.0 Å². The van der Waals surface area contributed by atoms with Crippen LogP contribution in [0.25, 0.3) is 0 Å². The minimum absolute atomic E-state index is 0.0142. The van der Waals surface area contributed by atoms with E-state index in [4.69, 9.17) is 5.11 Å². The predicted molar refractivity (Wildman–Crippen MR) is 61.6 cm³/mol. The molecule has 0 heterocycles. The van der Waals surface area contributed by atoms with Gasteiger partial charge in [0.15, 0.2) is 0 Å². The molecule has 0 saturated heterocycles. The van der Waals surface area contributed by atoms with Gasteiger partial charge in [-0.15, -0.1) is 0 Å². The quantitative estimate of drug-likeness (QED) is 0.806. The standard InChI is InChI=1S/C12H17NO3/c1-8-6-9(2)11(15)10(7-8)12(16)13(3)4-5-14/h6-7,14-15H,4-5H2,1-3H3. The third-order valence-corrected chi connectivity index (χ3v) is 2.46. The Morgan fingerprint density at radius 1 is 1.38 bits per heavy atom. The maximum Gasteiger partial charge on any atom is 0.257 e. The van der Waals surface area contributed by atoms with Gasteiger partial charge in [-0.3, -0.25) is 4.79 Å². The van der Waals surface area contributed by atoms with Crippen molar-refractivity contribution >= 4 is 5.91 Å². The number of likely N-dealkylation sites (N-methyl/N-ethyl adjacent to an activating group) is 1. The first-order valence-corrected chi connectivity index (χ1v) is 5.14. The van der Waals surface area contributed by atoms with Gasteiger partial charge in [0.25, 0.3) is 5.91 Å². The van der Waals surface area contributed by atoms with Crippen LogP contribution in [0.15, 0.2) is 12.1 Å². The largest absolute Gasteiger partial charge is 0.507 e. The Morgan fingerprint density at radius 2 is 2.00 bits per heavy atom. The summed E-state index contributed by atoms with van der Waals surface area (Å²) in [6, 6.07) is 3.47. The van der Waals surface area contributed by atoms with Crippen molar-refractivity contribution in [1.29, 1.82) is 0 Å². The van der Waals surface area contributed by atoms with Gasteiger partial charge in [-0.2, -0.15) is 0 Å². The van der Waals surface area contributed by atoms with Crippen LogP contribution in [0.4, 0.5) is 0 Å². The van der Waals surface area contributed by atoms with Crippen molar-refractivity contribution in [1.82, 2.24) is 4.90 Å². The second-order valence-electron chi connectivity index (χ2n) is 3.93. The summed E-state index contributed by atoms with van der Waals surface area (Å²) in [6.45, 7) is 3.79. The highest BCUT2D eigenvalue weighted by atomic mass is 16.3. The van der Waals surface area contributed by atoms with E-state index < -0.39 is 0 Å². The number of carbonyl (C=O) groups is 1. The summed E-state index contributed by atoms with van der Waals surface area (Å²) in [5.41, 5.74) is 1.89. The molecule has 0 aliphatic rings. The number of amides is 1. The van der Waals surface area contributed by atoms with Crippen molar-refractivity contribution in [3.05, 3.63) is 28.8 Å². The zero-order valence-electron chi connectivity index (χ0n) is 9.82. The van der Waals surface area contributed by atoms with E-state index in [1.54, 1.807) is 20.0 Å². The van der Waals surface area contributed by atoms with Gasteiger partial charge in [0.05, 0.1) is 12.2 Å². The number of rotatable bonds is 3. The minimum Gasteiger partial charge on any atom is -0.507 e. The molecule has 16 heavy (non-hydrogen) atoms. The van der Waals surface area contributed by atoms with E-state index >= 15 is 0 Å². The smallest absolute Gasteiger partial charge is 0.257 e. The van der Waals surface area contributed by atoms with Crippen LogP contribution in [-0.2, 0) is 0 Å². The van der Waals surface area contributed by atoms with E-state index in [0.29, 0.717) is 5.56 Å². The van der Waals surface area contributed by atoms with E-state index in [2.05, 4.69) is 0 Å². The molecule has 4 heteroatoms. The number of hydrogen-bond acceptors (Lipinski definition) is 3. The summed E-state index contributed by atoms with van der Waals surface area (Å²) in [5.74, 6) is -0.265. The lowest BCUT2D eigenvalue weighted by Crippen LogP contribution is -2.29. The van der Waals surface area contributed by atoms with E-state index in [0.717, 1.165) is 5.56 Å². The molecule has 1 aromatic carbocycles. The molecule has 0 unspecified atom stereocenters. The molecule has 0 aliphatic heterocycles. The Labute approximate surface area is 95.1 Å². The van der Waals surface area contributed by atoms with Crippen molar-refractivity contribution in [3.8, 4) is 5.75 Å². The number of phenols is 1. The van der Waals surface area contributed by atoms with Crippen LogP contribution in [0.5, 0.6) is 5.75 Å². The molecule has 0 aliphatic carbocycles. The highest BCUT2D eigenvalue weighted by molar-refractivity contribution is 5.97. The normalized spacial score (nSPS) is 10.2. The van der Waals surface area contributed by atoms with E-state index in [1.807, 2.05) is 13.0 Å². The Balaban J connectivity index is 3.08. The highest BCUT2D eigenvalue weighted by Gasteiger charge is 2.17. The molecule has 4 nitrogen and oxygen atoms in total. The Kier molecular flexibility index (Phi) is 3.90. The summed E-state index contributed by atoms with van der Waals surface area (Å²) in [6.07, 6.45) is 0. The summed E-state index contributed by atoms with van der Waals surface area (Å²) in [5, 5.41) is 18.6. The van der Waals surface area contributed by atoms with Gasteiger partial charge in [0.1, 0.15) is 5.75 Å². The molecule has 0 bridgehead atoms. The Hall–Kier alpha value is -1.55. The fourth-order valence-corrected chi connectivity index (χ4v) is 1.58. The van der Waals surface area contributed by atoms with E-state index in [1.165, 1.54) is 4.90 Å². The molecule has 1 rings (SSSR count). The lowest BCUT2D eigenvalue weighted by Gasteiger charge is -2.17. The summed E-state index contributed by atoms with van der Waals surface area (Å²) in [7, 11) is 1.59. The van der Waals surface area contributed by atoms with Gasteiger partial charge < -0.3 is 15.1 Å². The number of aryl methyl sites for hydroxylation is 2. The minimum atomic E-state index is -0.279. The van der Waals surface area contributed by atoms with E-state index in [9.17, 15) is 9.90 Å². The second-order valence-corrected chi connectivity index (χ2v) is 3.93. The zero-order chi connectivity index (χ0) is 12.3. The summed E-state index contributed by atoms with van der Waals surface area (Å²) < 4.78 is 0. The molecular weight excluding hydrogens is 206 g/mol. The topological polar surface area (TPSA) is 60.8 Å². The van der Waals surface area contributed by atoms with Gasteiger partial charge in [0.2, 0.25) is 0 Å². The molecule has 2 N–H and O–H groups in total. The lowest BCUT2D eigenvalue weighted by atomic mass is 10.0. The highest BCUT2D eigenvalue weighted by Crippen LogP contribution is 2.24. The van der Waals surface area contributed by atoms with E-state index in [-0.39, 0.29) is 30.4 Å². The maximum atomic E-state index is 11.9. The van der Waals surface area contributed by atoms with Crippen molar-refractivity contribution in [3.63, 3.8) is 0 Å². The number of phenolic OH excluding ortho intramolecular Hbond substituents is 1. The van der Waals surface area contributed by atoms with Crippen LogP contribution in [0.3, 0.4) is 0 Å². The van der Waals surface area contributed by atoms with Crippen LogP contribution < -0.4 is 0 Å². The molecular formula is C12H17NO3. The van der Waals surface area contributed by atoms with Crippen LogP contribution in [0.2, 0.25) is 0 Å². The van der Waals surface area contributed by atoms with Crippen molar-refractivity contribution in [2.75, 3.05) is 20.2 Å². The zero-order valence-corrected chi connectivity index (χ0v) is 9.82.